The first kappa shape index (κ1) is 18.4. The lowest BCUT2D eigenvalue weighted by atomic mass is 10.0. The Bertz CT molecular complexity index is 630. The summed E-state index contributed by atoms with van der Waals surface area (Å²) in [5.74, 6) is 0.204. The van der Waals surface area contributed by atoms with Gasteiger partial charge in [-0.2, -0.15) is 0 Å². The van der Waals surface area contributed by atoms with Gasteiger partial charge in [-0.1, -0.05) is 11.6 Å². The standard InChI is InChI=1S/C14H20ClNO6S/c1-20-12-3-2-11(15)8-13(12)23(18,19)16-9-14(22-7-5-17)4-6-21-10-14/h2-3,8,16-17H,4-7,9-10H2,1H3. The number of hydrogen-bond donors (Lipinski definition) is 2. The number of sulfonamides is 1. The SMILES string of the molecule is COc1ccc(Cl)cc1S(=O)(=O)NCC1(OCCO)CCOC1. The number of halogens is 1. The molecule has 0 amide bonds. The topological polar surface area (TPSA) is 94.1 Å². The second-order valence-electron chi connectivity index (χ2n) is 5.18. The molecule has 2 rings (SSSR count). The molecular formula is C14H20ClNO6S. The quantitative estimate of drug-likeness (QED) is 0.707. The third kappa shape index (κ3) is 4.56. The van der Waals surface area contributed by atoms with Gasteiger partial charge < -0.3 is 19.3 Å². The molecule has 130 valence electrons. The van der Waals surface area contributed by atoms with E-state index in [2.05, 4.69) is 4.72 Å². The van der Waals surface area contributed by atoms with E-state index >= 15 is 0 Å². The maximum Gasteiger partial charge on any atom is 0.244 e. The molecule has 1 saturated heterocycles. The van der Waals surface area contributed by atoms with Crippen molar-refractivity contribution >= 4 is 21.6 Å². The molecule has 1 aromatic rings. The zero-order valence-electron chi connectivity index (χ0n) is 12.7. The molecule has 0 aliphatic carbocycles. The molecule has 1 heterocycles. The van der Waals surface area contributed by atoms with Gasteiger partial charge in [0.25, 0.3) is 0 Å². The summed E-state index contributed by atoms with van der Waals surface area (Å²) >= 11 is 5.88. The first-order valence-electron chi connectivity index (χ1n) is 7.08. The van der Waals surface area contributed by atoms with Gasteiger partial charge in [0.15, 0.2) is 0 Å². The van der Waals surface area contributed by atoms with Gasteiger partial charge >= 0.3 is 0 Å². The van der Waals surface area contributed by atoms with E-state index in [-0.39, 0.29) is 37.0 Å². The maximum atomic E-state index is 12.5. The Kier molecular flexibility index (Phi) is 6.24. The van der Waals surface area contributed by atoms with Crippen LogP contribution in [0.4, 0.5) is 0 Å². The Labute approximate surface area is 140 Å². The summed E-state index contributed by atoms with van der Waals surface area (Å²) < 4.78 is 43.6. The summed E-state index contributed by atoms with van der Waals surface area (Å²) in [7, 11) is -2.45. The van der Waals surface area contributed by atoms with Crippen molar-refractivity contribution < 1.29 is 27.7 Å². The molecule has 1 unspecified atom stereocenters. The van der Waals surface area contributed by atoms with Crippen molar-refractivity contribution in [2.24, 2.45) is 0 Å². The van der Waals surface area contributed by atoms with Crippen LogP contribution >= 0.6 is 11.6 Å². The van der Waals surface area contributed by atoms with Crippen molar-refractivity contribution in [2.75, 3.05) is 40.1 Å². The van der Waals surface area contributed by atoms with E-state index in [9.17, 15) is 8.42 Å². The highest BCUT2D eigenvalue weighted by Gasteiger charge is 2.37. The van der Waals surface area contributed by atoms with Crippen molar-refractivity contribution in [3.05, 3.63) is 23.2 Å². The highest BCUT2D eigenvalue weighted by Crippen LogP contribution is 2.28. The molecule has 1 atom stereocenters. The molecule has 1 aliphatic heterocycles. The van der Waals surface area contributed by atoms with Crippen LogP contribution in [0.15, 0.2) is 23.1 Å². The van der Waals surface area contributed by atoms with Gasteiger partial charge in [0.1, 0.15) is 16.2 Å². The van der Waals surface area contributed by atoms with E-state index in [0.29, 0.717) is 18.1 Å². The first-order valence-corrected chi connectivity index (χ1v) is 8.94. The van der Waals surface area contributed by atoms with Gasteiger partial charge in [-0.3, -0.25) is 0 Å². The number of aliphatic hydroxyl groups excluding tert-OH is 1. The average Bonchev–Trinajstić information content (AvgIpc) is 3.00. The van der Waals surface area contributed by atoms with Gasteiger partial charge in [0, 0.05) is 24.6 Å². The number of benzene rings is 1. The zero-order valence-corrected chi connectivity index (χ0v) is 14.3. The minimum Gasteiger partial charge on any atom is -0.495 e. The second kappa shape index (κ2) is 7.78. The minimum absolute atomic E-state index is 0.0327. The summed E-state index contributed by atoms with van der Waals surface area (Å²) in [6, 6.07) is 4.37. The fourth-order valence-electron chi connectivity index (χ4n) is 2.32. The van der Waals surface area contributed by atoms with Gasteiger partial charge in [0.05, 0.1) is 26.9 Å². The van der Waals surface area contributed by atoms with Crippen LogP contribution in [0.2, 0.25) is 5.02 Å². The number of rotatable bonds is 8. The van der Waals surface area contributed by atoms with E-state index in [1.165, 1.54) is 19.2 Å². The Morgan fingerprint density at radius 2 is 2.26 bits per heavy atom. The molecule has 7 nitrogen and oxygen atoms in total. The van der Waals surface area contributed by atoms with E-state index in [4.69, 9.17) is 30.9 Å². The smallest absolute Gasteiger partial charge is 0.244 e. The number of methoxy groups -OCH3 is 1. The monoisotopic (exact) mass is 365 g/mol. The number of nitrogens with one attached hydrogen (secondary N) is 1. The summed E-state index contributed by atoms with van der Waals surface area (Å²) in [6.07, 6.45) is 0.544. The molecule has 0 aromatic heterocycles. The Morgan fingerprint density at radius 3 is 2.87 bits per heavy atom. The average molecular weight is 366 g/mol. The minimum atomic E-state index is -3.83. The molecule has 0 saturated carbocycles. The molecule has 0 bridgehead atoms. The summed E-state index contributed by atoms with van der Waals surface area (Å²) in [5, 5.41) is 9.20. The van der Waals surface area contributed by atoms with Crippen LogP contribution in [-0.2, 0) is 19.5 Å². The fourth-order valence-corrected chi connectivity index (χ4v) is 3.86. The van der Waals surface area contributed by atoms with Gasteiger partial charge in [-0.15, -0.1) is 0 Å². The molecule has 1 aliphatic rings. The summed E-state index contributed by atoms with van der Waals surface area (Å²) in [4.78, 5) is -0.0382. The third-order valence-electron chi connectivity index (χ3n) is 3.57. The van der Waals surface area contributed by atoms with E-state index in [1.54, 1.807) is 6.07 Å². The Morgan fingerprint density at radius 1 is 1.48 bits per heavy atom. The maximum absolute atomic E-state index is 12.5. The lowest BCUT2D eigenvalue weighted by Crippen LogP contribution is -2.46. The fraction of sp³-hybridized carbons (Fsp3) is 0.571. The van der Waals surface area contributed by atoms with Gasteiger partial charge in [-0.05, 0) is 18.2 Å². The molecule has 0 spiro atoms. The normalized spacial score (nSPS) is 21.5. The predicted molar refractivity (Wildman–Crippen MR) is 84.4 cm³/mol. The first-order chi connectivity index (χ1) is 10.9. The molecule has 0 radical (unpaired) electrons. The zero-order chi connectivity index (χ0) is 16.9. The Balaban J connectivity index is 2.16. The molecule has 23 heavy (non-hydrogen) atoms. The van der Waals surface area contributed by atoms with Crippen molar-refractivity contribution in [1.29, 1.82) is 0 Å². The van der Waals surface area contributed by atoms with Crippen molar-refractivity contribution in [3.8, 4) is 5.75 Å². The van der Waals surface area contributed by atoms with Crippen LogP contribution in [0.25, 0.3) is 0 Å². The van der Waals surface area contributed by atoms with Crippen LogP contribution in [-0.4, -0.2) is 59.2 Å². The highest BCUT2D eigenvalue weighted by molar-refractivity contribution is 7.89. The lowest BCUT2D eigenvalue weighted by Gasteiger charge is -2.27. The van der Waals surface area contributed by atoms with Gasteiger partial charge in [-0.25, -0.2) is 13.1 Å². The highest BCUT2D eigenvalue weighted by atomic mass is 35.5. The molecular weight excluding hydrogens is 346 g/mol. The second-order valence-corrected chi connectivity index (χ2v) is 7.35. The largest absolute Gasteiger partial charge is 0.495 e. The van der Waals surface area contributed by atoms with Crippen LogP contribution in [0.5, 0.6) is 5.75 Å². The van der Waals surface area contributed by atoms with Crippen LogP contribution in [0.3, 0.4) is 0 Å². The van der Waals surface area contributed by atoms with Crippen LogP contribution in [0, 0.1) is 0 Å². The molecule has 2 N–H and O–H groups in total. The van der Waals surface area contributed by atoms with E-state index in [1.807, 2.05) is 0 Å². The molecule has 1 aromatic carbocycles. The molecule has 1 fully saturated rings. The summed E-state index contributed by atoms with van der Waals surface area (Å²) in [6.45, 7) is 0.753. The van der Waals surface area contributed by atoms with E-state index < -0.39 is 15.6 Å². The molecule has 9 heteroatoms. The number of ether oxygens (including phenoxy) is 3. The Hall–Kier alpha value is -0.900. The van der Waals surface area contributed by atoms with E-state index in [0.717, 1.165) is 0 Å². The third-order valence-corrected chi connectivity index (χ3v) is 5.22. The lowest BCUT2D eigenvalue weighted by molar-refractivity contribution is -0.0566. The number of hydrogen-bond acceptors (Lipinski definition) is 6. The van der Waals surface area contributed by atoms with Gasteiger partial charge in [0.2, 0.25) is 10.0 Å². The number of aliphatic hydroxyl groups is 1. The van der Waals surface area contributed by atoms with Crippen molar-refractivity contribution in [3.63, 3.8) is 0 Å². The van der Waals surface area contributed by atoms with Crippen LogP contribution in [0.1, 0.15) is 6.42 Å². The van der Waals surface area contributed by atoms with Crippen LogP contribution < -0.4 is 9.46 Å². The van der Waals surface area contributed by atoms with Crippen molar-refractivity contribution in [1.82, 2.24) is 4.72 Å². The summed E-state index contributed by atoms with van der Waals surface area (Å²) in [5.41, 5.74) is -0.776. The van der Waals surface area contributed by atoms with Crippen molar-refractivity contribution in [2.45, 2.75) is 16.9 Å². The predicted octanol–water partition coefficient (Wildman–Crippen LogP) is 0.795.